The van der Waals surface area contributed by atoms with E-state index in [0.29, 0.717) is 0 Å². The summed E-state index contributed by atoms with van der Waals surface area (Å²) in [6.07, 6.45) is 0. The molecule has 21 heteroatoms. The van der Waals surface area contributed by atoms with Crippen molar-refractivity contribution in [3.05, 3.63) is 30.6 Å². The summed E-state index contributed by atoms with van der Waals surface area (Å²) >= 11 is 0. The maximum atomic E-state index is 9.00. The number of carbonyl (C=O) groups is 4. The Kier molecular flexibility index (Phi) is 64.0. The van der Waals surface area contributed by atoms with Gasteiger partial charge in [0.05, 0.1) is 10.2 Å². The monoisotopic (exact) mass is 404 g/mol. The Morgan fingerprint density at radius 1 is 0.480 bits per heavy atom. The van der Waals surface area contributed by atoms with Gasteiger partial charge in [-0.3, -0.25) is 0 Å². The number of nitrogens with two attached hydrogens (primary N) is 8. The normalized spacial score (nSPS) is 5.76. The van der Waals surface area contributed by atoms with Crippen LogP contribution in [-0.4, -0.2) is 72.0 Å². The molecule has 0 aliphatic rings. The summed E-state index contributed by atoms with van der Waals surface area (Å²) in [6, 6.07) is -3.33. The van der Waals surface area contributed by atoms with Crippen LogP contribution in [0.5, 0.6) is 0 Å². The molecule has 0 bridgehead atoms. The van der Waals surface area contributed by atoms with Crippen molar-refractivity contribution in [1.29, 1.82) is 0 Å². The van der Waals surface area contributed by atoms with Gasteiger partial charge in [-0.05, 0) is 0 Å². The van der Waals surface area contributed by atoms with Gasteiger partial charge in [0.15, 0.2) is 0 Å². The van der Waals surface area contributed by atoms with Gasteiger partial charge in [0, 0.05) is 0 Å². The van der Waals surface area contributed by atoms with E-state index < -0.39 is 34.3 Å². The van der Waals surface area contributed by atoms with Gasteiger partial charge >= 0.3 is 61.9 Å². The standard InChI is InChI=1S/4CH4N2O.Ca.2NO3/c4*2-1(3)4;;2*2-1(3)4/h4*(H4,2,3,4);;;/q;;;;+2;2*-1. The summed E-state index contributed by atoms with van der Waals surface area (Å²) in [7, 11) is 0. The van der Waals surface area contributed by atoms with Crippen molar-refractivity contribution in [1.82, 2.24) is 0 Å². The molecule has 0 heterocycles. The summed E-state index contributed by atoms with van der Waals surface area (Å²) in [5.41, 5.74) is 34.0. The van der Waals surface area contributed by atoms with Gasteiger partial charge in [0.1, 0.15) is 0 Å². The Balaban J connectivity index is -0.0000000309. The predicted octanol–water partition coefficient (Wildman–Crippen LogP) is -4.76. The molecule has 0 aliphatic carbocycles. The summed E-state index contributed by atoms with van der Waals surface area (Å²) in [6.45, 7) is 0. The van der Waals surface area contributed by atoms with Crippen molar-refractivity contribution in [2.24, 2.45) is 45.9 Å². The SMILES string of the molecule is NC(N)=O.NC(N)=O.NC(N)=O.NC(N)=O.O=[N+]([O-])[O-].O=[N+]([O-])[O-].[Ca+2]. The zero-order valence-electron chi connectivity index (χ0n) is 12.3. The molecular weight excluding hydrogens is 388 g/mol. The number of carbonyl (C=O) groups excluding carboxylic acids is 4. The van der Waals surface area contributed by atoms with Crippen LogP contribution in [0.2, 0.25) is 0 Å². The number of hydrogen-bond donors (Lipinski definition) is 8. The van der Waals surface area contributed by atoms with Crippen LogP contribution in [0.4, 0.5) is 19.2 Å². The van der Waals surface area contributed by atoms with E-state index in [4.69, 9.17) is 49.8 Å². The number of urea groups is 4. The number of primary amides is 8. The summed E-state index contributed by atoms with van der Waals surface area (Å²) in [4.78, 5) is 52.5. The Hall–Kier alpha value is -3.26. The molecule has 0 fully saturated rings. The predicted molar refractivity (Wildman–Crippen MR) is 81.6 cm³/mol. The largest absolute Gasteiger partial charge is 2.00 e. The molecule has 0 aromatic heterocycles. The number of rotatable bonds is 0. The first-order valence-electron chi connectivity index (χ1n) is 4.22. The van der Waals surface area contributed by atoms with E-state index in [9.17, 15) is 0 Å². The van der Waals surface area contributed by atoms with E-state index in [1.165, 1.54) is 0 Å². The second kappa shape index (κ2) is 37.2. The first-order chi connectivity index (χ1) is 10.4. The Labute approximate surface area is 167 Å². The summed E-state index contributed by atoms with van der Waals surface area (Å²) in [5.74, 6) is 0. The van der Waals surface area contributed by atoms with Crippen LogP contribution >= 0.6 is 0 Å². The molecule has 0 aromatic rings. The average Bonchev–Trinajstić information content (AvgIpc) is 2.08. The van der Waals surface area contributed by atoms with E-state index in [0.717, 1.165) is 0 Å². The van der Waals surface area contributed by atoms with Gasteiger partial charge in [-0.1, -0.05) is 0 Å². The summed E-state index contributed by atoms with van der Waals surface area (Å²) in [5, 5.41) is 29.5. The molecule has 16 N–H and O–H groups in total. The average molecular weight is 404 g/mol. The summed E-state index contributed by atoms with van der Waals surface area (Å²) < 4.78 is 0. The van der Waals surface area contributed by atoms with Crippen LogP contribution < -0.4 is 45.9 Å². The molecule has 0 unspecified atom stereocenters. The van der Waals surface area contributed by atoms with Crippen molar-refractivity contribution >= 4 is 61.9 Å². The maximum absolute atomic E-state index is 9.00. The van der Waals surface area contributed by atoms with Crippen molar-refractivity contribution in [2.75, 3.05) is 0 Å². The first-order valence-corrected chi connectivity index (χ1v) is 4.22. The third-order valence-electron chi connectivity index (χ3n) is 0. The third-order valence-corrected chi connectivity index (χ3v) is 0. The Morgan fingerprint density at radius 2 is 0.480 bits per heavy atom. The molecule has 25 heavy (non-hydrogen) atoms. The molecule has 0 saturated carbocycles. The molecule has 0 aromatic carbocycles. The molecule has 8 amide bonds. The minimum Gasteiger partial charge on any atom is -0.356 e. The molecule has 0 radical (unpaired) electrons. The zero-order valence-corrected chi connectivity index (χ0v) is 14.5. The fraction of sp³-hybridized carbons (Fsp3) is 0. The van der Waals surface area contributed by atoms with Crippen LogP contribution in [-0.2, 0) is 0 Å². The molecule has 0 aliphatic heterocycles. The number of amides is 8. The van der Waals surface area contributed by atoms with Crippen molar-refractivity contribution in [3.63, 3.8) is 0 Å². The van der Waals surface area contributed by atoms with Gasteiger partial charge in [-0.15, -0.1) is 0 Å². The molecule has 0 saturated heterocycles. The van der Waals surface area contributed by atoms with Crippen LogP contribution in [0.15, 0.2) is 0 Å². The minimum absolute atomic E-state index is 0. The fourth-order valence-corrected chi connectivity index (χ4v) is 0. The second-order valence-corrected chi connectivity index (χ2v) is 2.06. The van der Waals surface area contributed by atoms with E-state index in [-0.39, 0.29) is 37.7 Å². The maximum Gasteiger partial charge on any atom is 2.00 e. The zero-order chi connectivity index (χ0) is 21.5. The van der Waals surface area contributed by atoms with Gasteiger partial charge in [-0.2, -0.15) is 0 Å². The number of nitrogens with zero attached hydrogens (tertiary/aromatic N) is 2. The third kappa shape index (κ3) is 685. The number of hydrogen-bond acceptors (Lipinski definition) is 10. The second-order valence-electron chi connectivity index (χ2n) is 2.06. The van der Waals surface area contributed by atoms with Crippen LogP contribution in [0.25, 0.3) is 0 Å². The van der Waals surface area contributed by atoms with Crippen molar-refractivity contribution in [2.45, 2.75) is 0 Å². The fourth-order valence-electron chi connectivity index (χ4n) is 0. The first kappa shape index (κ1) is 43.0. The van der Waals surface area contributed by atoms with Crippen LogP contribution in [0.3, 0.4) is 0 Å². The van der Waals surface area contributed by atoms with Gasteiger partial charge in [0.25, 0.3) is 0 Å². The molecule has 144 valence electrons. The smallest absolute Gasteiger partial charge is 0.356 e. The van der Waals surface area contributed by atoms with Gasteiger partial charge < -0.3 is 76.5 Å². The molecule has 20 nitrogen and oxygen atoms in total. The van der Waals surface area contributed by atoms with Crippen LogP contribution in [0, 0.1) is 30.6 Å². The van der Waals surface area contributed by atoms with Crippen molar-refractivity contribution < 1.29 is 29.4 Å². The molecular formula is C4H16CaN10O10. The van der Waals surface area contributed by atoms with E-state index in [1.54, 1.807) is 0 Å². The van der Waals surface area contributed by atoms with E-state index in [1.807, 2.05) is 0 Å². The van der Waals surface area contributed by atoms with Gasteiger partial charge in [-0.25, -0.2) is 19.2 Å². The molecule has 0 spiro atoms. The topological polar surface area (TPSA) is 409 Å². The Bertz CT molecular complexity index is 273. The quantitative estimate of drug-likeness (QED) is 0.108. The minimum atomic E-state index is -1.75. The van der Waals surface area contributed by atoms with Gasteiger partial charge in [0.2, 0.25) is 0 Å². The Morgan fingerprint density at radius 3 is 0.480 bits per heavy atom. The van der Waals surface area contributed by atoms with E-state index >= 15 is 0 Å². The van der Waals surface area contributed by atoms with Crippen LogP contribution in [0.1, 0.15) is 0 Å². The van der Waals surface area contributed by atoms with E-state index in [2.05, 4.69) is 45.9 Å². The molecule has 0 rings (SSSR count). The van der Waals surface area contributed by atoms with Crippen molar-refractivity contribution in [3.8, 4) is 0 Å². The molecule has 0 atom stereocenters.